The number of carbonyl (C=O) groups excluding carboxylic acids is 1. The van der Waals surface area contributed by atoms with Crippen LogP contribution < -0.4 is 5.76 Å². The van der Waals surface area contributed by atoms with Crippen LogP contribution in [0.1, 0.15) is 66.2 Å². The van der Waals surface area contributed by atoms with E-state index in [0.29, 0.717) is 36.1 Å². The molecule has 0 bridgehead atoms. The van der Waals surface area contributed by atoms with Gasteiger partial charge in [0.25, 0.3) is 0 Å². The second-order valence-electron chi connectivity index (χ2n) is 10.2. The summed E-state index contributed by atoms with van der Waals surface area (Å²) in [6.07, 6.45) is 1.39. The van der Waals surface area contributed by atoms with E-state index in [9.17, 15) is 14.7 Å². The van der Waals surface area contributed by atoms with Gasteiger partial charge in [-0.2, -0.15) is 5.21 Å². The second-order valence-corrected chi connectivity index (χ2v) is 10.2. The number of esters is 1. The van der Waals surface area contributed by atoms with Crippen molar-refractivity contribution in [3.63, 3.8) is 0 Å². The fourth-order valence-corrected chi connectivity index (χ4v) is 4.68. The lowest BCUT2D eigenvalue weighted by Gasteiger charge is -2.18. The van der Waals surface area contributed by atoms with Crippen molar-refractivity contribution in [2.45, 2.75) is 59.3 Å². The number of aromatic amines is 2. The third-order valence-electron chi connectivity index (χ3n) is 6.68. The van der Waals surface area contributed by atoms with Gasteiger partial charge in [0.15, 0.2) is 5.69 Å². The summed E-state index contributed by atoms with van der Waals surface area (Å²) in [5, 5.41) is 25.3. The Morgan fingerprint density at radius 2 is 1.85 bits per heavy atom. The van der Waals surface area contributed by atoms with Crippen molar-refractivity contribution in [2.24, 2.45) is 0 Å². The minimum atomic E-state index is -1.40. The van der Waals surface area contributed by atoms with Crippen molar-refractivity contribution < 1.29 is 19.1 Å². The quantitative estimate of drug-likeness (QED) is 0.216. The van der Waals surface area contributed by atoms with Crippen molar-refractivity contribution in [2.75, 3.05) is 0 Å². The van der Waals surface area contributed by atoms with Crippen LogP contribution in [0.4, 0.5) is 0 Å². The van der Waals surface area contributed by atoms with Crippen LogP contribution in [0.5, 0.6) is 0 Å². The van der Waals surface area contributed by atoms with Crippen LogP contribution in [0.2, 0.25) is 0 Å². The Hall–Kier alpha value is -4.84. The molecule has 12 heteroatoms. The Morgan fingerprint density at radius 3 is 2.46 bits per heavy atom. The third kappa shape index (κ3) is 5.87. The first-order valence-corrected chi connectivity index (χ1v) is 13.3. The molecule has 3 heterocycles. The highest BCUT2D eigenvalue weighted by Gasteiger charge is 2.32. The molecule has 0 aliphatic heterocycles. The van der Waals surface area contributed by atoms with Crippen LogP contribution in [0, 0.1) is 6.92 Å². The van der Waals surface area contributed by atoms with Crippen LogP contribution >= 0.6 is 0 Å². The molecular formula is C29H31N7O5. The Morgan fingerprint density at radius 1 is 1.12 bits per heavy atom. The minimum absolute atomic E-state index is 0.163. The predicted molar refractivity (Wildman–Crippen MR) is 149 cm³/mol. The molecule has 5 aromatic rings. The summed E-state index contributed by atoms with van der Waals surface area (Å²) < 4.78 is 12.3. The highest BCUT2D eigenvalue weighted by Crippen LogP contribution is 2.31. The SMILES string of the molecule is CCCc1nc(C(C)(C)O)c(C(=O)OCc2[nH]c(=O)oc2C)n1Cc1ccc(-c2ccccc2-c2nn[nH]n2)cc1. The number of ether oxygens (including phenoxy) is 1. The average Bonchev–Trinajstić information content (AvgIpc) is 3.67. The summed E-state index contributed by atoms with van der Waals surface area (Å²) in [5.41, 5.74) is 3.06. The standard InChI is InChI=1S/C29H31N7O5/c1-5-8-23-31-25(29(3,4)39)24(27(37)40-16-22-17(2)41-28(38)30-22)36(23)15-18-11-13-19(14-12-18)20-9-6-7-10-21(20)26-32-34-35-33-26/h6-7,9-14,39H,5,8,15-16H2,1-4H3,(H,30,38)(H,32,33,34,35). The van der Waals surface area contributed by atoms with E-state index in [2.05, 4.69) is 30.6 Å². The molecule has 212 valence electrons. The van der Waals surface area contributed by atoms with E-state index in [-0.39, 0.29) is 18.0 Å². The lowest BCUT2D eigenvalue weighted by molar-refractivity contribution is 0.0416. The summed E-state index contributed by atoms with van der Waals surface area (Å²) in [4.78, 5) is 32.2. The molecule has 12 nitrogen and oxygen atoms in total. The number of carbonyl (C=O) groups is 1. The molecule has 41 heavy (non-hydrogen) atoms. The summed E-state index contributed by atoms with van der Waals surface area (Å²) in [7, 11) is 0. The van der Waals surface area contributed by atoms with Gasteiger partial charge >= 0.3 is 11.7 Å². The fourth-order valence-electron chi connectivity index (χ4n) is 4.68. The van der Waals surface area contributed by atoms with Gasteiger partial charge in [-0.25, -0.2) is 14.6 Å². The Kier molecular flexibility index (Phi) is 7.66. The van der Waals surface area contributed by atoms with Crippen LogP contribution in [0.3, 0.4) is 0 Å². The molecule has 0 spiro atoms. The van der Waals surface area contributed by atoms with Crippen molar-refractivity contribution >= 4 is 5.97 Å². The minimum Gasteiger partial charge on any atom is -0.454 e. The Bertz CT molecular complexity index is 1710. The highest BCUT2D eigenvalue weighted by atomic mass is 16.5. The van der Waals surface area contributed by atoms with Gasteiger partial charge < -0.3 is 18.8 Å². The zero-order chi connectivity index (χ0) is 29.1. The van der Waals surface area contributed by atoms with Gasteiger partial charge in [-0.1, -0.05) is 55.5 Å². The number of benzene rings is 2. The molecule has 2 aromatic carbocycles. The number of hydrogen-bond donors (Lipinski definition) is 3. The first-order valence-electron chi connectivity index (χ1n) is 13.3. The molecule has 0 aliphatic carbocycles. The van der Waals surface area contributed by atoms with Crippen LogP contribution in [0.25, 0.3) is 22.5 Å². The molecule has 0 fully saturated rings. The number of nitrogens with one attached hydrogen (secondary N) is 2. The predicted octanol–water partition coefficient (Wildman–Crippen LogP) is 3.91. The molecule has 0 unspecified atom stereocenters. The second kappa shape index (κ2) is 11.3. The average molecular weight is 558 g/mol. The number of aryl methyl sites for hydroxylation is 2. The van der Waals surface area contributed by atoms with Gasteiger partial charge in [0.2, 0.25) is 5.82 Å². The molecule has 0 aliphatic rings. The van der Waals surface area contributed by atoms with E-state index in [1.54, 1.807) is 25.3 Å². The largest absolute Gasteiger partial charge is 0.454 e. The number of aromatic nitrogens is 7. The van der Waals surface area contributed by atoms with E-state index < -0.39 is 17.3 Å². The fraction of sp³-hybridized carbons (Fsp3) is 0.310. The normalized spacial score (nSPS) is 11.6. The summed E-state index contributed by atoms with van der Waals surface area (Å²) in [5.74, 6) is 0.223. The lowest BCUT2D eigenvalue weighted by atomic mass is 9.98. The number of hydrogen-bond acceptors (Lipinski definition) is 9. The van der Waals surface area contributed by atoms with E-state index in [0.717, 1.165) is 28.7 Å². The number of oxazole rings is 1. The first kappa shape index (κ1) is 27.7. The van der Waals surface area contributed by atoms with Gasteiger partial charge in [0, 0.05) is 18.5 Å². The van der Waals surface area contributed by atoms with Gasteiger partial charge in [-0.15, -0.1) is 10.2 Å². The number of nitrogens with zero attached hydrogens (tertiary/aromatic N) is 5. The lowest BCUT2D eigenvalue weighted by Crippen LogP contribution is -2.23. The molecule has 0 saturated heterocycles. The van der Waals surface area contributed by atoms with E-state index in [1.165, 1.54) is 0 Å². The zero-order valence-electron chi connectivity index (χ0n) is 23.3. The van der Waals surface area contributed by atoms with Crippen molar-refractivity contribution in [1.82, 2.24) is 35.2 Å². The van der Waals surface area contributed by atoms with Gasteiger partial charge in [-0.3, -0.25) is 4.98 Å². The van der Waals surface area contributed by atoms with Gasteiger partial charge in [-0.05, 0) is 49.1 Å². The number of rotatable bonds is 10. The molecule has 5 rings (SSSR count). The maximum Gasteiger partial charge on any atom is 0.416 e. The molecule has 3 aromatic heterocycles. The van der Waals surface area contributed by atoms with Gasteiger partial charge in [0.05, 0.1) is 5.69 Å². The molecule has 3 N–H and O–H groups in total. The van der Waals surface area contributed by atoms with Crippen LogP contribution in [-0.2, 0) is 29.9 Å². The van der Waals surface area contributed by atoms with E-state index in [4.69, 9.17) is 9.15 Å². The summed E-state index contributed by atoms with van der Waals surface area (Å²) in [6.45, 7) is 6.94. The number of tetrazole rings is 1. The topological polar surface area (TPSA) is 165 Å². The molecule has 0 atom stereocenters. The monoisotopic (exact) mass is 557 g/mol. The van der Waals surface area contributed by atoms with E-state index >= 15 is 0 Å². The number of H-pyrrole nitrogens is 2. The number of imidazole rings is 1. The Balaban J connectivity index is 1.48. The van der Waals surface area contributed by atoms with Crippen LogP contribution in [-0.4, -0.2) is 46.2 Å². The van der Waals surface area contributed by atoms with Crippen LogP contribution in [0.15, 0.2) is 57.7 Å². The number of aliphatic hydroxyl groups is 1. The zero-order valence-corrected chi connectivity index (χ0v) is 23.3. The summed E-state index contributed by atoms with van der Waals surface area (Å²) >= 11 is 0. The van der Waals surface area contributed by atoms with Crippen molar-refractivity contribution in [1.29, 1.82) is 0 Å². The van der Waals surface area contributed by atoms with Crippen molar-refractivity contribution in [3.8, 4) is 22.5 Å². The highest BCUT2D eigenvalue weighted by molar-refractivity contribution is 5.89. The smallest absolute Gasteiger partial charge is 0.416 e. The van der Waals surface area contributed by atoms with Crippen molar-refractivity contribution in [3.05, 3.63) is 93.3 Å². The molecule has 0 amide bonds. The van der Waals surface area contributed by atoms with E-state index in [1.807, 2.05) is 55.5 Å². The maximum absolute atomic E-state index is 13.5. The maximum atomic E-state index is 13.5. The molecule has 0 saturated carbocycles. The summed E-state index contributed by atoms with van der Waals surface area (Å²) in [6, 6.07) is 15.8. The van der Waals surface area contributed by atoms with Gasteiger partial charge in [0.1, 0.15) is 29.5 Å². The first-order chi connectivity index (χ1) is 19.7. The molecular weight excluding hydrogens is 526 g/mol. The molecule has 0 radical (unpaired) electrons. The Labute approximate surface area is 235 Å². The third-order valence-corrected chi connectivity index (χ3v) is 6.68.